The molecule has 0 saturated heterocycles. The highest BCUT2D eigenvalue weighted by Gasteiger charge is 2.28. The van der Waals surface area contributed by atoms with Crippen molar-refractivity contribution in [1.82, 2.24) is 5.32 Å². The van der Waals surface area contributed by atoms with Gasteiger partial charge in [-0.15, -0.1) is 0 Å². The number of nitrogens with zero attached hydrogens (tertiary/aromatic N) is 1. The summed E-state index contributed by atoms with van der Waals surface area (Å²) in [6.45, 7) is 3.47. The average molecular weight is 270 g/mol. The molecule has 5 nitrogen and oxygen atoms in total. The molecule has 0 fully saturated rings. The number of likely N-dealkylation sites (N-methyl/N-ethyl adjacent to an activating group) is 1. The average Bonchev–Trinajstić information content (AvgIpc) is 2.29. The molecule has 0 saturated carbocycles. The third kappa shape index (κ3) is 3.22. The van der Waals surface area contributed by atoms with Crippen molar-refractivity contribution in [1.29, 1.82) is 0 Å². The Morgan fingerprint density at radius 3 is 2.17 bits per heavy atom. The third-order valence-corrected chi connectivity index (χ3v) is 3.86. The van der Waals surface area contributed by atoms with Gasteiger partial charge in [0.2, 0.25) is 15.9 Å². The number of hydrogen-bond acceptors (Lipinski definition) is 3. The van der Waals surface area contributed by atoms with Gasteiger partial charge < -0.3 is 5.32 Å². The Hall–Kier alpha value is -1.56. The second kappa shape index (κ2) is 5.39. The monoisotopic (exact) mass is 270 g/mol. The Kier molecular flexibility index (Phi) is 4.34. The van der Waals surface area contributed by atoms with Gasteiger partial charge in [0.15, 0.2) is 0 Å². The van der Waals surface area contributed by atoms with Crippen LogP contribution in [-0.2, 0) is 14.8 Å². The van der Waals surface area contributed by atoms with Gasteiger partial charge >= 0.3 is 0 Å². The van der Waals surface area contributed by atoms with E-state index in [9.17, 15) is 13.2 Å². The lowest BCUT2D eigenvalue weighted by molar-refractivity contribution is -0.121. The first kappa shape index (κ1) is 14.5. The largest absolute Gasteiger partial charge is 0.357 e. The standard InChI is InChI=1S/C12H18N2O3S/c1-9-5-7-11(8-6-9)14(18(4,16)17)10(2)12(15)13-3/h5-8,10H,1-4H3,(H,13,15). The fourth-order valence-electron chi connectivity index (χ4n) is 1.71. The van der Waals surface area contributed by atoms with Crippen molar-refractivity contribution < 1.29 is 13.2 Å². The summed E-state index contributed by atoms with van der Waals surface area (Å²) in [7, 11) is -2.03. The molecule has 1 N–H and O–H groups in total. The van der Waals surface area contributed by atoms with E-state index in [2.05, 4.69) is 5.32 Å². The quantitative estimate of drug-likeness (QED) is 0.884. The summed E-state index contributed by atoms with van der Waals surface area (Å²) in [5.74, 6) is -0.346. The summed E-state index contributed by atoms with van der Waals surface area (Å²) in [5.41, 5.74) is 1.51. The SMILES string of the molecule is CNC(=O)C(C)N(c1ccc(C)cc1)S(C)(=O)=O. The summed E-state index contributed by atoms with van der Waals surface area (Å²) in [6.07, 6.45) is 1.09. The van der Waals surface area contributed by atoms with Gasteiger partial charge in [-0.2, -0.15) is 0 Å². The number of hydrogen-bond donors (Lipinski definition) is 1. The maximum absolute atomic E-state index is 11.8. The van der Waals surface area contributed by atoms with Crippen LogP contribution in [0, 0.1) is 6.92 Å². The van der Waals surface area contributed by atoms with Crippen molar-refractivity contribution in [2.75, 3.05) is 17.6 Å². The van der Waals surface area contributed by atoms with Crippen molar-refractivity contribution in [3.05, 3.63) is 29.8 Å². The molecule has 0 bridgehead atoms. The number of nitrogens with one attached hydrogen (secondary N) is 1. The lowest BCUT2D eigenvalue weighted by Gasteiger charge is -2.27. The van der Waals surface area contributed by atoms with Crippen LogP contribution in [0.2, 0.25) is 0 Å². The highest BCUT2D eigenvalue weighted by atomic mass is 32.2. The van der Waals surface area contributed by atoms with Crippen LogP contribution >= 0.6 is 0 Å². The number of benzene rings is 1. The normalized spacial score (nSPS) is 12.9. The molecule has 0 heterocycles. The molecular weight excluding hydrogens is 252 g/mol. The van der Waals surface area contributed by atoms with Crippen molar-refractivity contribution in [2.45, 2.75) is 19.9 Å². The molecule has 1 amide bonds. The number of amides is 1. The molecule has 1 unspecified atom stereocenters. The molecule has 0 aliphatic heterocycles. The van der Waals surface area contributed by atoms with Crippen molar-refractivity contribution in [3.8, 4) is 0 Å². The number of rotatable bonds is 4. The maximum Gasteiger partial charge on any atom is 0.243 e. The van der Waals surface area contributed by atoms with E-state index in [1.165, 1.54) is 7.05 Å². The molecular formula is C12H18N2O3S. The minimum absolute atomic E-state index is 0.346. The van der Waals surface area contributed by atoms with Crippen LogP contribution in [0.4, 0.5) is 5.69 Å². The Morgan fingerprint density at radius 2 is 1.78 bits per heavy atom. The first-order valence-corrected chi connectivity index (χ1v) is 7.40. The fourth-order valence-corrected chi connectivity index (χ4v) is 2.88. The molecule has 6 heteroatoms. The number of aryl methyl sites for hydroxylation is 1. The van der Waals surface area contributed by atoms with Crippen molar-refractivity contribution >= 4 is 21.6 Å². The summed E-state index contributed by atoms with van der Waals surface area (Å²) < 4.78 is 24.8. The van der Waals surface area contributed by atoms with Crippen LogP contribution in [-0.4, -0.2) is 33.7 Å². The Morgan fingerprint density at radius 1 is 1.28 bits per heavy atom. The number of carbonyl (C=O) groups excluding carboxylic acids is 1. The van der Waals surface area contributed by atoms with E-state index < -0.39 is 16.1 Å². The van der Waals surface area contributed by atoms with E-state index in [0.717, 1.165) is 16.1 Å². The minimum Gasteiger partial charge on any atom is -0.357 e. The molecule has 1 rings (SSSR count). The first-order valence-electron chi connectivity index (χ1n) is 5.55. The van der Waals surface area contributed by atoms with E-state index >= 15 is 0 Å². The van der Waals surface area contributed by atoms with E-state index in [0.29, 0.717) is 5.69 Å². The molecule has 0 aliphatic rings. The predicted molar refractivity (Wildman–Crippen MR) is 72.0 cm³/mol. The maximum atomic E-state index is 11.8. The molecule has 1 aromatic rings. The van der Waals surface area contributed by atoms with Crippen LogP contribution in [0.3, 0.4) is 0 Å². The third-order valence-electron chi connectivity index (χ3n) is 2.62. The van der Waals surface area contributed by atoms with Crippen molar-refractivity contribution in [3.63, 3.8) is 0 Å². The first-order chi connectivity index (χ1) is 8.27. The van der Waals surface area contributed by atoms with Gasteiger partial charge in [0.25, 0.3) is 0 Å². The summed E-state index contributed by atoms with van der Waals surface area (Å²) in [5, 5.41) is 2.45. The van der Waals surface area contributed by atoms with E-state index in [1.807, 2.05) is 19.1 Å². The van der Waals surface area contributed by atoms with Crippen molar-refractivity contribution in [2.24, 2.45) is 0 Å². The number of sulfonamides is 1. The molecule has 0 radical (unpaired) electrons. The van der Waals surface area contributed by atoms with Crippen LogP contribution in [0.15, 0.2) is 24.3 Å². The van der Waals surface area contributed by atoms with Gasteiger partial charge in [-0.1, -0.05) is 17.7 Å². The summed E-state index contributed by atoms with van der Waals surface area (Å²) in [6, 6.07) is 6.22. The highest BCUT2D eigenvalue weighted by molar-refractivity contribution is 7.92. The Balaban J connectivity index is 3.23. The molecule has 18 heavy (non-hydrogen) atoms. The predicted octanol–water partition coefficient (Wildman–Crippen LogP) is 0.896. The van der Waals surface area contributed by atoms with Crippen LogP contribution in [0.1, 0.15) is 12.5 Å². The number of carbonyl (C=O) groups is 1. The molecule has 0 spiro atoms. The lowest BCUT2D eigenvalue weighted by Crippen LogP contribution is -2.46. The zero-order valence-electron chi connectivity index (χ0n) is 11.0. The van der Waals surface area contributed by atoms with E-state index in [-0.39, 0.29) is 5.91 Å². The Labute approximate surface area is 108 Å². The molecule has 100 valence electrons. The molecule has 1 aromatic carbocycles. The summed E-state index contributed by atoms with van der Waals surface area (Å²) >= 11 is 0. The fraction of sp³-hybridized carbons (Fsp3) is 0.417. The molecule has 0 aromatic heterocycles. The minimum atomic E-state index is -3.51. The topological polar surface area (TPSA) is 66.5 Å². The van der Waals surface area contributed by atoms with Crippen LogP contribution < -0.4 is 9.62 Å². The second-order valence-electron chi connectivity index (χ2n) is 4.18. The zero-order valence-corrected chi connectivity index (χ0v) is 11.8. The van der Waals surface area contributed by atoms with Crippen LogP contribution in [0.25, 0.3) is 0 Å². The smallest absolute Gasteiger partial charge is 0.243 e. The molecule has 0 aliphatic carbocycles. The van der Waals surface area contributed by atoms with E-state index in [4.69, 9.17) is 0 Å². The van der Waals surface area contributed by atoms with Gasteiger partial charge in [0, 0.05) is 7.05 Å². The zero-order chi connectivity index (χ0) is 13.9. The van der Waals surface area contributed by atoms with E-state index in [1.54, 1.807) is 19.1 Å². The summed E-state index contributed by atoms with van der Waals surface area (Å²) in [4.78, 5) is 11.6. The van der Waals surface area contributed by atoms with Gasteiger partial charge in [-0.05, 0) is 26.0 Å². The van der Waals surface area contributed by atoms with Crippen LogP contribution in [0.5, 0.6) is 0 Å². The molecule has 1 atom stereocenters. The number of anilines is 1. The van der Waals surface area contributed by atoms with Gasteiger partial charge in [-0.25, -0.2) is 8.42 Å². The van der Waals surface area contributed by atoms with Gasteiger partial charge in [-0.3, -0.25) is 9.10 Å². The lowest BCUT2D eigenvalue weighted by atomic mass is 10.2. The Bertz CT molecular complexity index is 523. The van der Waals surface area contributed by atoms with Gasteiger partial charge in [0.05, 0.1) is 11.9 Å². The second-order valence-corrected chi connectivity index (χ2v) is 6.04. The van der Waals surface area contributed by atoms with Gasteiger partial charge in [0.1, 0.15) is 6.04 Å². The highest BCUT2D eigenvalue weighted by Crippen LogP contribution is 2.21.